The zero-order valence-corrected chi connectivity index (χ0v) is 19.4. The Bertz CT molecular complexity index is 1580. The lowest BCUT2D eigenvalue weighted by molar-refractivity contribution is -0.118. The molecule has 0 aliphatic rings. The molecule has 5 aromatic rings. The van der Waals surface area contributed by atoms with Gasteiger partial charge in [0.1, 0.15) is 11.3 Å². The van der Waals surface area contributed by atoms with Crippen molar-refractivity contribution in [3.63, 3.8) is 0 Å². The SMILES string of the molecule is COc1ccc2nc(NC(=O)COc3c(-c4ccc(Cl)cc4)oc4ccccc4c3=O)sc2c1. The van der Waals surface area contributed by atoms with Crippen LogP contribution in [-0.4, -0.2) is 24.6 Å². The molecule has 3 aromatic carbocycles. The third kappa shape index (κ3) is 4.33. The van der Waals surface area contributed by atoms with E-state index in [1.54, 1.807) is 61.7 Å². The number of halogens is 1. The van der Waals surface area contributed by atoms with Crippen LogP contribution in [0.5, 0.6) is 11.5 Å². The summed E-state index contributed by atoms with van der Waals surface area (Å²) in [6, 6.07) is 19.1. The number of methoxy groups -OCH3 is 1. The average molecular weight is 493 g/mol. The Balaban J connectivity index is 1.42. The minimum absolute atomic E-state index is 0.0507. The van der Waals surface area contributed by atoms with Gasteiger partial charge in [-0.3, -0.25) is 14.9 Å². The van der Waals surface area contributed by atoms with E-state index in [2.05, 4.69) is 10.3 Å². The van der Waals surface area contributed by atoms with Gasteiger partial charge in [0.15, 0.2) is 17.5 Å². The molecule has 0 atom stereocenters. The normalized spacial score (nSPS) is 11.0. The molecule has 0 unspecified atom stereocenters. The van der Waals surface area contributed by atoms with Crippen molar-refractivity contribution >= 4 is 55.2 Å². The molecule has 0 radical (unpaired) electrons. The molecular weight excluding hydrogens is 476 g/mol. The predicted octanol–water partition coefficient (Wildman–Crippen LogP) is 5.75. The first-order chi connectivity index (χ1) is 16.5. The second-order valence-electron chi connectivity index (χ2n) is 7.28. The number of ether oxygens (including phenoxy) is 2. The molecule has 0 aliphatic carbocycles. The fraction of sp³-hybridized carbons (Fsp3) is 0.0800. The van der Waals surface area contributed by atoms with Gasteiger partial charge in [-0.15, -0.1) is 0 Å². The quantitative estimate of drug-likeness (QED) is 0.324. The van der Waals surface area contributed by atoms with Gasteiger partial charge < -0.3 is 13.9 Å². The molecule has 5 rings (SSSR count). The summed E-state index contributed by atoms with van der Waals surface area (Å²) in [6.45, 7) is -0.400. The van der Waals surface area contributed by atoms with Crippen LogP contribution in [0.1, 0.15) is 0 Å². The Hall–Kier alpha value is -3.88. The van der Waals surface area contributed by atoms with Crippen molar-refractivity contribution in [2.24, 2.45) is 0 Å². The van der Waals surface area contributed by atoms with Crippen LogP contribution in [0.4, 0.5) is 5.13 Å². The smallest absolute Gasteiger partial charge is 0.264 e. The number of thiazole rings is 1. The van der Waals surface area contributed by atoms with Crippen molar-refractivity contribution in [3.8, 4) is 22.8 Å². The molecule has 0 aliphatic heterocycles. The van der Waals surface area contributed by atoms with Crippen molar-refractivity contribution in [2.45, 2.75) is 0 Å². The van der Waals surface area contributed by atoms with E-state index in [1.807, 2.05) is 12.1 Å². The summed E-state index contributed by atoms with van der Waals surface area (Å²) in [5.74, 6) is 0.418. The van der Waals surface area contributed by atoms with E-state index in [0.29, 0.717) is 32.4 Å². The van der Waals surface area contributed by atoms with Crippen LogP contribution in [-0.2, 0) is 4.79 Å². The number of hydrogen-bond donors (Lipinski definition) is 1. The molecule has 170 valence electrons. The van der Waals surface area contributed by atoms with Gasteiger partial charge in [0.2, 0.25) is 11.2 Å². The number of fused-ring (bicyclic) bond motifs is 2. The summed E-state index contributed by atoms with van der Waals surface area (Å²) in [7, 11) is 1.59. The monoisotopic (exact) mass is 492 g/mol. The molecule has 0 bridgehead atoms. The van der Waals surface area contributed by atoms with E-state index in [-0.39, 0.29) is 16.9 Å². The second kappa shape index (κ2) is 9.17. The lowest BCUT2D eigenvalue weighted by atomic mass is 10.1. The molecule has 0 spiro atoms. The maximum atomic E-state index is 13.2. The number of anilines is 1. The van der Waals surface area contributed by atoms with Gasteiger partial charge in [-0.25, -0.2) is 4.98 Å². The predicted molar refractivity (Wildman–Crippen MR) is 133 cm³/mol. The van der Waals surface area contributed by atoms with Gasteiger partial charge in [-0.05, 0) is 54.6 Å². The Morgan fingerprint density at radius 1 is 1.12 bits per heavy atom. The van der Waals surface area contributed by atoms with Gasteiger partial charge in [0.25, 0.3) is 5.91 Å². The first-order valence-electron chi connectivity index (χ1n) is 10.2. The highest BCUT2D eigenvalue weighted by Crippen LogP contribution is 2.32. The summed E-state index contributed by atoms with van der Waals surface area (Å²) in [6.07, 6.45) is 0. The largest absolute Gasteiger partial charge is 0.497 e. The maximum Gasteiger partial charge on any atom is 0.264 e. The fourth-order valence-electron chi connectivity index (χ4n) is 3.43. The van der Waals surface area contributed by atoms with Crippen molar-refractivity contribution in [2.75, 3.05) is 19.0 Å². The van der Waals surface area contributed by atoms with Crippen LogP contribution in [0.3, 0.4) is 0 Å². The van der Waals surface area contributed by atoms with Gasteiger partial charge in [-0.1, -0.05) is 35.1 Å². The number of para-hydroxylation sites is 1. The third-order valence-electron chi connectivity index (χ3n) is 5.05. The summed E-state index contributed by atoms with van der Waals surface area (Å²) >= 11 is 7.31. The molecule has 34 heavy (non-hydrogen) atoms. The van der Waals surface area contributed by atoms with Gasteiger partial charge in [0.05, 0.1) is 22.7 Å². The minimum atomic E-state index is -0.458. The van der Waals surface area contributed by atoms with Crippen LogP contribution in [0.25, 0.3) is 32.5 Å². The van der Waals surface area contributed by atoms with Crippen molar-refractivity contribution in [3.05, 3.63) is 82.0 Å². The van der Waals surface area contributed by atoms with E-state index in [4.69, 9.17) is 25.5 Å². The van der Waals surface area contributed by atoms with Crippen molar-refractivity contribution in [1.82, 2.24) is 4.98 Å². The van der Waals surface area contributed by atoms with E-state index in [9.17, 15) is 9.59 Å². The van der Waals surface area contributed by atoms with Crippen LogP contribution in [0.2, 0.25) is 5.02 Å². The lowest BCUT2D eigenvalue weighted by Gasteiger charge is -2.11. The molecule has 0 saturated heterocycles. The Labute approximate surface area is 202 Å². The molecule has 2 heterocycles. The highest BCUT2D eigenvalue weighted by Gasteiger charge is 2.19. The molecule has 0 fully saturated rings. The van der Waals surface area contributed by atoms with E-state index >= 15 is 0 Å². The minimum Gasteiger partial charge on any atom is -0.497 e. The number of amides is 1. The number of hydrogen-bond acceptors (Lipinski definition) is 7. The van der Waals surface area contributed by atoms with Crippen LogP contribution >= 0.6 is 22.9 Å². The van der Waals surface area contributed by atoms with Crippen molar-refractivity contribution in [1.29, 1.82) is 0 Å². The zero-order chi connectivity index (χ0) is 23.7. The van der Waals surface area contributed by atoms with Crippen LogP contribution in [0, 0.1) is 0 Å². The van der Waals surface area contributed by atoms with E-state index in [1.165, 1.54) is 11.3 Å². The Kier molecular flexibility index (Phi) is 5.91. The molecule has 9 heteroatoms. The number of nitrogens with one attached hydrogen (secondary N) is 1. The molecule has 7 nitrogen and oxygen atoms in total. The van der Waals surface area contributed by atoms with Crippen LogP contribution in [0.15, 0.2) is 75.9 Å². The standard InChI is InChI=1S/C25H17ClN2O5S/c1-31-16-10-11-18-20(12-16)34-25(27-18)28-21(29)13-32-24-22(30)17-4-2-3-5-19(17)33-23(24)14-6-8-15(26)9-7-14/h2-12H,13H2,1H3,(H,27,28,29). The number of nitrogens with zero attached hydrogens (tertiary/aromatic N) is 1. The second-order valence-corrected chi connectivity index (χ2v) is 8.75. The van der Waals surface area contributed by atoms with Gasteiger partial charge in [-0.2, -0.15) is 0 Å². The zero-order valence-electron chi connectivity index (χ0n) is 17.8. The van der Waals surface area contributed by atoms with E-state index in [0.717, 1.165) is 10.2 Å². The first-order valence-corrected chi connectivity index (χ1v) is 11.4. The molecule has 0 saturated carbocycles. The number of carbonyl (C=O) groups is 1. The highest BCUT2D eigenvalue weighted by atomic mass is 35.5. The highest BCUT2D eigenvalue weighted by molar-refractivity contribution is 7.22. The van der Waals surface area contributed by atoms with Gasteiger partial charge >= 0.3 is 0 Å². The fourth-order valence-corrected chi connectivity index (χ4v) is 4.46. The topological polar surface area (TPSA) is 90.7 Å². The van der Waals surface area contributed by atoms with Gasteiger partial charge in [0, 0.05) is 10.6 Å². The lowest BCUT2D eigenvalue weighted by Crippen LogP contribution is -2.22. The average Bonchev–Trinajstić information content (AvgIpc) is 3.25. The van der Waals surface area contributed by atoms with E-state index < -0.39 is 12.5 Å². The molecule has 1 amide bonds. The molecule has 1 N–H and O–H groups in total. The van der Waals surface area contributed by atoms with Crippen LogP contribution < -0.4 is 20.2 Å². The molecule has 2 aromatic heterocycles. The van der Waals surface area contributed by atoms with Crippen molar-refractivity contribution < 1.29 is 18.7 Å². The summed E-state index contributed by atoms with van der Waals surface area (Å²) in [5, 5.41) is 4.03. The first kappa shape index (κ1) is 21.9. The Morgan fingerprint density at radius 3 is 2.71 bits per heavy atom. The summed E-state index contributed by atoms with van der Waals surface area (Å²) < 4.78 is 17.8. The summed E-state index contributed by atoms with van der Waals surface area (Å²) in [5.41, 5.74) is 1.39. The molecular formula is C25H17ClN2O5S. The maximum absolute atomic E-state index is 13.2. The number of rotatable bonds is 6. The Morgan fingerprint density at radius 2 is 1.91 bits per heavy atom. The third-order valence-corrected chi connectivity index (χ3v) is 6.24. The number of aromatic nitrogens is 1. The number of benzene rings is 3. The number of carbonyl (C=O) groups excluding carboxylic acids is 1. The summed E-state index contributed by atoms with van der Waals surface area (Å²) in [4.78, 5) is 30.2.